The zero-order valence-electron chi connectivity index (χ0n) is 18.6. The molecule has 1 heterocycles. The van der Waals surface area contributed by atoms with Gasteiger partial charge in [0.1, 0.15) is 12.6 Å². The first-order chi connectivity index (χ1) is 16.8. The van der Waals surface area contributed by atoms with Gasteiger partial charge in [0.2, 0.25) is 12.3 Å². The third-order valence-electron chi connectivity index (χ3n) is 5.77. The minimum Gasteiger partial charge on any atom is -0.476 e. The summed E-state index contributed by atoms with van der Waals surface area (Å²) in [5.74, 6) is -2.63. The van der Waals surface area contributed by atoms with Crippen LogP contribution in [0.1, 0.15) is 34.0 Å². The molecule has 1 aliphatic rings. The first kappa shape index (κ1) is 23.9. The largest absolute Gasteiger partial charge is 0.476 e. The van der Waals surface area contributed by atoms with Gasteiger partial charge in [-0.05, 0) is 22.3 Å². The number of alkyl carbamates (subject to hydrolysis) is 1. The van der Waals surface area contributed by atoms with E-state index in [4.69, 9.17) is 4.74 Å². The number of fused-ring (bicyclic) bond motifs is 3. The van der Waals surface area contributed by atoms with E-state index in [2.05, 4.69) is 15.7 Å². The second-order valence-corrected chi connectivity index (χ2v) is 7.97. The van der Waals surface area contributed by atoms with E-state index in [1.807, 2.05) is 48.5 Å². The van der Waals surface area contributed by atoms with Crippen molar-refractivity contribution < 1.29 is 33.0 Å². The predicted molar refractivity (Wildman–Crippen MR) is 121 cm³/mol. The number of benzene rings is 2. The summed E-state index contributed by atoms with van der Waals surface area (Å²) in [6.45, 7) is -0.0609. The van der Waals surface area contributed by atoms with Gasteiger partial charge in [-0.3, -0.25) is 9.48 Å². The molecule has 2 amide bonds. The molecule has 182 valence electrons. The lowest BCUT2D eigenvalue weighted by Crippen LogP contribution is -2.45. The van der Waals surface area contributed by atoms with Crippen LogP contribution in [-0.4, -0.2) is 51.9 Å². The number of nitrogens with one attached hydrogen (secondary N) is 2. The van der Waals surface area contributed by atoms with Gasteiger partial charge < -0.3 is 20.5 Å². The van der Waals surface area contributed by atoms with Crippen LogP contribution >= 0.6 is 0 Å². The quantitative estimate of drug-likeness (QED) is 0.449. The van der Waals surface area contributed by atoms with Crippen molar-refractivity contribution in [3.63, 3.8) is 0 Å². The molecule has 35 heavy (non-hydrogen) atoms. The van der Waals surface area contributed by atoms with Crippen LogP contribution in [0, 0.1) is 0 Å². The van der Waals surface area contributed by atoms with Crippen LogP contribution in [-0.2, 0) is 16.6 Å². The Kier molecular flexibility index (Phi) is 6.76. The van der Waals surface area contributed by atoms with Crippen molar-refractivity contribution in [2.45, 2.75) is 24.8 Å². The molecule has 2 aromatic carbocycles. The average Bonchev–Trinajstić information content (AvgIpc) is 3.34. The zero-order chi connectivity index (χ0) is 25.1. The third kappa shape index (κ3) is 4.98. The van der Waals surface area contributed by atoms with Crippen molar-refractivity contribution in [1.29, 1.82) is 0 Å². The Bertz CT molecular complexity index is 1230. The highest BCUT2D eigenvalue weighted by Crippen LogP contribution is 2.44. The summed E-state index contributed by atoms with van der Waals surface area (Å²) in [5, 5.41) is 17.4. The Labute approximate surface area is 198 Å². The number of amides is 2. The minimum absolute atomic E-state index is 0.0609. The van der Waals surface area contributed by atoms with Gasteiger partial charge >= 0.3 is 12.1 Å². The number of carbonyl (C=O) groups is 3. The summed E-state index contributed by atoms with van der Waals surface area (Å²) < 4.78 is 32.6. The second kappa shape index (κ2) is 9.92. The van der Waals surface area contributed by atoms with E-state index >= 15 is 0 Å². The fraction of sp³-hybridized carbons (Fsp3) is 0.250. The van der Waals surface area contributed by atoms with Gasteiger partial charge in [0, 0.05) is 19.4 Å². The molecule has 0 bridgehead atoms. The lowest BCUT2D eigenvalue weighted by atomic mass is 9.98. The number of aryl methyl sites for hydroxylation is 1. The van der Waals surface area contributed by atoms with E-state index in [1.165, 1.54) is 7.05 Å². The number of alkyl halides is 2. The molecule has 0 saturated carbocycles. The fourth-order valence-electron chi connectivity index (χ4n) is 4.19. The Hall–Kier alpha value is -4.28. The highest BCUT2D eigenvalue weighted by atomic mass is 19.3. The first-order valence-corrected chi connectivity index (χ1v) is 10.7. The molecule has 0 aliphatic heterocycles. The van der Waals surface area contributed by atoms with Crippen molar-refractivity contribution in [1.82, 2.24) is 15.1 Å². The predicted octanol–water partition coefficient (Wildman–Crippen LogP) is 3.62. The van der Waals surface area contributed by atoms with Crippen LogP contribution in [0.5, 0.6) is 0 Å². The van der Waals surface area contributed by atoms with Gasteiger partial charge in [-0.25, -0.2) is 18.4 Å². The van der Waals surface area contributed by atoms with Crippen LogP contribution in [0.3, 0.4) is 0 Å². The molecule has 0 radical (unpaired) electrons. The van der Waals surface area contributed by atoms with E-state index in [9.17, 15) is 28.3 Å². The van der Waals surface area contributed by atoms with Crippen molar-refractivity contribution in [2.75, 3.05) is 11.9 Å². The molecule has 11 heteroatoms. The van der Waals surface area contributed by atoms with E-state index in [0.29, 0.717) is 0 Å². The van der Waals surface area contributed by atoms with Gasteiger partial charge in [-0.2, -0.15) is 5.10 Å². The van der Waals surface area contributed by atoms with Crippen LogP contribution in [0.15, 0.2) is 54.7 Å². The van der Waals surface area contributed by atoms with Crippen molar-refractivity contribution in [3.05, 3.63) is 71.5 Å². The Balaban J connectivity index is 1.44. The molecule has 0 fully saturated rings. The number of hydrogen-bond acceptors (Lipinski definition) is 5. The molecule has 3 N–H and O–H groups in total. The Morgan fingerprint density at radius 1 is 1.09 bits per heavy atom. The molecular weight excluding hydrogens is 462 g/mol. The van der Waals surface area contributed by atoms with Crippen molar-refractivity contribution in [2.24, 2.45) is 7.05 Å². The van der Waals surface area contributed by atoms with E-state index in [0.717, 1.165) is 33.1 Å². The molecule has 1 atom stereocenters. The van der Waals surface area contributed by atoms with Gasteiger partial charge in [0.15, 0.2) is 5.69 Å². The number of aromatic carboxylic acids is 1. The Morgan fingerprint density at radius 2 is 1.69 bits per heavy atom. The summed E-state index contributed by atoms with van der Waals surface area (Å²) in [4.78, 5) is 36.5. The molecule has 9 nitrogen and oxygen atoms in total. The number of rotatable bonds is 8. The van der Waals surface area contributed by atoms with Crippen LogP contribution < -0.4 is 10.6 Å². The SMILES string of the molecule is Cn1ncc(NC(=O)C(CC(F)F)NC(=O)OCC2c3ccccc3-c3ccccc32)c1C(=O)O. The smallest absolute Gasteiger partial charge is 0.407 e. The maximum Gasteiger partial charge on any atom is 0.407 e. The maximum absolute atomic E-state index is 13.1. The summed E-state index contributed by atoms with van der Waals surface area (Å²) in [6, 6.07) is 13.7. The average molecular weight is 484 g/mol. The summed E-state index contributed by atoms with van der Waals surface area (Å²) >= 11 is 0. The highest BCUT2D eigenvalue weighted by molar-refractivity contribution is 6.01. The lowest BCUT2D eigenvalue weighted by molar-refractivity contribution is -0.119. The number of halogens is 2. The first-order valence-electron chi connectivity index (χ1n) is 10.7. The number of hydrogen-bond donors (Lipinski definition) is 3. The molecule has 1 aliphatic carbocycles. The molecule has 1 unspecified atom stereocenters. The minimum atomic E-state index is -2.91. The van der Waals surface area contributed by atoms with Crippen molar-refractivity contribution >= 4 is 23.7 Å². The highest BCUT2D eigenvalue weighted by Gasteiger charge is 2.31. The number of carboxylic acid groups (broad SMARTS) is 1. The lowest BCUT2D eigenvalue weighted by Gasteiger charge is -2.19. The molecule has 0 spiro atoms. The number of ether oxygens (including phenoxy) is 1. The maximum atomic E-state index is 13.1. The Morgan fingerprint density at radius 3 is 2.26 bits per heavy atom. The number of nitrogens with zero attached hydrogens (tertiary/aromatic N) is 2. The number of carboxylic acids is 1. The standard InChI is InChI=1S/C24H22F2N4O5/c1-30-21(23(32)33)19(11-27-30)28-22(31)18(10-20(25)26)29-24(34)35-12-17-15-8-4-2-6-13(15)14-7-3-5-9-16(14)17/h2-9,11,17-18,20H,10,12H2,1H3,(H,28,31)(H,29,34)(H,32,33). The molecule has 1 aromatic heterocycles. The number of carbonyl (C=O) groups excluding carboxylic acids is 2. The molecule has 0 saturated heterocycles. The second-order valence-electron chi connectivity index (χ2n) is 7.97. The van der Waals surface area contributed by atoms with Gasteiger partial charge in [-0.15, -0.1) is 0 Å². The van der Waals surface area contributed by atoms with Crippen LogP contribution in [0.4, 0.5) is 19.3 Å². The van der Waals surface area contributed by atoms with Gasteiger partial charge in [0.25, 0.3) is 0 Å². The monoisotopic (exact) mass is 484 g/mol. The summed E-state index contributed by atoms with van der Waals surface area (Å²) in [6.07, 6.45) is -3.86. The van der Waals surface area contributed by atoms with E-state index in [-0.39, 0.29) is 23.9 Å². The number of aromatic nitrogens is 2. The number of anilines is 1. The summed E-state index contributed by atoms with van der Waals surface area (Å²) in [7, 11) is 1.35. The molecular formula is C24H22F2N4O5. The van der Waals surface area contributed by atoms with Crippen LogP contribution in [0.25, 0.3) is 11.1 Å². The third-order valence-corrected chi connectivity index (χ3v) is 5.77. The van der Waals surface area contributed by atoms with Gasteiger partial charge in [-0.1, -0.05) is 48.5 Å². The summed E-state index contributed by atoms with van der Waals surface area (Å²) in [5.41, 5.74) is 3.48. The van der Waals surface area contributed by atoms with E-state index in [1.54, 1.807) is 0 Å². The van der Waals surface area contributed by atoms with Crippen molar-refractivity contribution in [3.8, 4) is 11.1 Å². The van der Waals surface area contributed by atoms with Gasteiger partial charge in [0.05, 0.1) is 11.9 Å². The molecule has 4 rings (SSSR count). The zero-order valence-corrected chi connectivity index (χ0v) is 18.6. The van der Waals surface area contributed by atoms with Crippen LogP contribution in [0.2, 0.25) is 0 Å². The normalized spacial score (nSPS) is 13.1. The van der Waals surface area contributed by atoms with E-state index < -0.39 is 36.9 Å². The molecule has 3 aromatic rings. The fourth-order valence-corrected chi connectivity index (χ4v) is 4.19. The topological polar surface area (TPSA) is 123 Å².